The average Bonchev–Trinajstić information content (AvgIpc) is 3.44. The number of sulfonamides is 1. The molecule has 0 bridgehead atoms. The zero-order valence-electron chi connectivity index (χ0n) is 21.5. The summed E-state index contributed by atoms with van der Waals surface area (Å²) in [5.41, 5.74) is 4.14. The second kappa shape index (κ2) is 8.95. The molecule has 198 valence electrons. The number of fused-ring (bicyclic) bond motifs is 4. The summed E-state index contributed by atoms with van der Waals surface area (Å²) in [6, 6.07) is 12.8. The number of nitrogens with one attached hydrogen (secondary N) is 3. The van der Waals surface area contributed by atoms with Crippen molar-refractivity contribution in [1.82, 2.24) is 19.9 Å². The van der Waals surface area contributed by atoms with Gasteiger partial charge in [0.05, 0.1) is 16.1 Å². The first-order valence-corrected chi connectivity index (χ1v) is 14.1. The standard InChI is InChI=1S/C27H30FN7O2S/c1-27(2,3)38(36,37)33-19-5-4-6-21(13-19)35-9-7-17-15-30-26(32-25(17)35)31-20-11-18-12-22-16-29-8-10-34(22)24(18)23(28)14-20/h4-7,9,11,13-15,22,29,33H,8,10,12,16H2,1-3H3,(H,30,31,32). The first-order chi connectivity index (χ1) is 18.1. The summed E-state index contributed by atoms with van der Waals surface area (Å²) in [6.07, 6.45) is 4.37. The van der Waals surface area contributed by atoms with E-state index in [1.54, 1.807) is 45.2 Å². The molecule has 2 aliphatic heterocycles. The Hall–Kier alpha value is -3.70. The van der Waals surface area contributed by atoms with Crippen LogP contribution in [0.5, 0.6) is 0 Å². The molecule has 0 aliphatic carbocycles. The maximum Gasteiger partial charge on any atom is 0.237 e. The van der Waals surface area contributed by atoms with Crippen LogP contribution in [0.4, 0.5) is 27.4 Å². The molecule has 6 rings (SSSR count). The van der Waals surface area contributed by atoms with Crippen LogP contribution >= 0.6 is 0 Å². The molecule has 2 aliphatic rings. The van der Waals surface area contributed by atoms with Gasteiger partial charge in [0.2, 0.25) is 16.0 Å². The summed E-state index contributed by atoms with van der Waals surface area (Å²) in [6.45, 7) is 7.47. The van der Waals surface area contributed by atoms with Gasteiger partial charge in [-0.1, -0.05) is 6.07 Å². The minimum atomic E-state index is -3.57. The zero-order chi connectivity index (χ0) is 26.7. The molecule has 3 N–H and O–H groups in total. The monoisotopic (exact) mass is 535 g/mol. The maximum absolute atomic E-state index is 15.1. The number of halogens is 1. The fraction of sp³-hybridized carbons (Fsp3) is 0.333. The van der Waals surface area contributed by atoms with Crippen molar-refractivity contribution in [2.45, 2.75) is 38.0 Å². The van der Waals surface area contributed by atoms with Gasteiger partial charge >= 0.3 is 0 Å². The summed E-state index contributed by atoms with van der Waals surface area (Å²) in [4.78, 5) is 11.3. The lowest BCUT2D eigenvalue weighted by Crippen LogP contribution is -2.49. The van der Waals surface area contributed by atoms with E-state index in [0.29, 0.717) is 28.7 Å². The number of aromatic nitrogens is 3. The van der Waals surface area contributed by atoms with Crippen LogP contribution in [0.3, 0.4) is 0 Å². The topological polar surface area (TPSA) is 104 Å². The van der Waals surface area contributed by atoms with Crippen molar-refractivity contribution in [3.63, 3.8) is 0 Å². The summed E-state index contributed by atoms with van der Waals surface area (Å²) in [5.74, 6) is 0.104. The predicted molar refractivity (Wildman–Crippen MR) is 149 cm³/mol. The lowest BCUT2D eigenvalue weighted by molar-refractivity contribution is 0.489. The van der Waals surface area contributed by atoms with E-state index in [0.717, 1.165) is 42.7 Å². The van der Waals surface area contributed by atoms with Crippen LogP contribution in [0.1, 0.15) is 26.3 Å². The molecule has 4 heterocycles. The highest BCUT2D eigenvalue weighted by molar-refractivity contribution is 7.94. The van der Waals surface area contributed by atoms with Crippen molar-refractivity contribution < 1.29 is 12.8 Å². The molecular weight excluding hydrogens is 505 g/mol. The molecule has 9 nitrogen and oxygen atoms in total. The molecule has 1 fully saturated rings. The highest BCUT2D eigenvalue weighted by Crippen LogP contribution is 2.38. The number of rotatable bonds is 5. The molecule has 0 spiro atoms. The number of hydrogen-bond acceptors (Lipinski definition) is 7. The first kappa shape index (κ1) is 24.6. The van der Waals surface area contributed by atoms with Crippen LogP contribution in [0.2, 0.25) is 0 Å². The lowest BCUT2D eigenvalue weighted by atomic mass is 10.1. The Morgan fingerprint density at radius 2 is 1.97 bits per heavy atom. The Morgan fingerprint density at radius 1 is 1.13 bits per heavy atom. The van der Waals surface area contributed by atoms with Crippen molar-refractivity contribution in [3.8, 4) is 5.69 Å². The van der Waals surface area contributed by atoms with Gasteiger partial charge in [-0.3, -0.25) is 4.72 Å². The summed E-state index contributed by atoms with van der Waals surface area (Å²) in [7, 11) is -3.57. The minimum absolute atomic E-state index is 0.242. The normalized spacial score (nSPS) is 17.4. The third-order valence-electron chi connectivity index (χ3n) is 7.10. The molecule has 0 saturated carbocycles. The average molecular weight is 536 g/mol. The van der Waals surface area contributed by atoms with E-state index in [1.165, 1.54) is 6.07 Å². The van der Waals surface area contributed by atoms with Gasteiger partial charge in [-0.25, -0.2) is 17.8 Å². The maximum atomic E-state index is 15.1. The number of anilines is 4. The molecule has 0 radical (unpaired) electrons. The van der Waals surface area contributed by atoms with Crippen molar-refractivity contribution >= 4 is 44.1 Å². The number of benzene rings is 2. The van der Waals surface area contributed by atoms with Crippen molar-refractivity contribution in [2.75, 3.05) is 34.6 Å². The zero-order valence-corrected chi connectivity index (χ0v) is 22.3. The van der Waals surface area contributed by atoms with E-state index >= 15 is 4.39 Å². The highest BCUT2D eigenvalue weighted by atomic mass is 32.2. The third kappa shape index (κ3) is 4.35. The summed E-state index contributed by atoms with van der Waals surface area (Å²) < 4.78 is 44.0. The number of piperazine rings is 1. The van der Waals surface area contributed by atoms with Crippen molar-refractivity contribution in [2.24, 2.45) is 0 Å². The quantitative estimate of drug-likeness (QED) is 0.352. The Bertz CT molecular complexity index is 1650. The van der Waals surface area contributed by atoms with E-state index in [-0.39, 0.29) is 11.9 Å². The highest BCUT2D eigenvalue weighted by Gasteiger charge is 2.34. The van der Waals surface area contributed by atoms with Crippen molar-refractivity contribution in [1.29, 1.82) is 0 Å². The van der Waals surface area contributed by atoms with Crippen LogP contribution in [-0.4, -0.2) is 53.4 Å². The van der Waals surface area contributed by atoms with Crippen LogP contribution in [0, 0.1) is 5.82 Å². The Balaban J connectivity index is 1.29. The molecular formula is C27H30FN7O2S. The smallest absolute Gasteiger partial charge is 0.237 e. The molecule has 1 unspecified atom stereocenters. The van der Waals surface area contributed by atoms with Gasteiger partial charge in [-0.15, -0.1) is 0 Å². The molecule has 2 aromatic heterocycles. The van der Waals surface area contributed by atoms with Gasteiger partial charge in [0.1, 0.15) is 11.5 Å². The van der Waals surface area contributed by atoms with Crippen LogP contribution in [0.25, 0.3) is 16.7 Å². The largest absolute Gasteiger partial charge is 0.363 e. The lowest BCUT2D eigenvalue weighted by Gasteiger charge is -2.32. The van der Waals surface area contributed by atoms with Gasteiger partial charge in [0.15, 0.2) is 0 Å². The van der Waals surface area contributed by atoms with Gasteiger partial charge in [0.25, 0.3) is 0 Å². The summed E-state index contributed by atoms with van der Waals surface area (Å²) >= 11 is 0. The van der Waals surface area contributed by atoms with E-state index in [2.05, 4.69) is 25.2 Å². The van der Waals surface area contributed by atoms with Gasteiger partial charge in [0, 0.05) is 54.8 Å². The van der Waals surface area contributed by atoms with Gasteiger partial charge in [-0.2, -0.15) is 4.98 Å². The van der Waals surface area contributed by atoms with Crippen LogP contribution in [0.15, 0.2) is 54.9 Å². The molecule has 2 aromatic carbocycles. The minimum Gasteiger partial charge on any atom is -0.363 e. The molecule has 11 heteroatoms. The van der Waals surface area contributed by atoms with Crippen LogP contribution < -0.4 is 20.3 Å². The first-order valence-electron chi connectivity index (χ1n) is 12.6. The van der Waals surface area contributed by atoms with E-state index in [9.17, 15) is 8.42 Å². The number of nitrogens with zero attached hydrogens (tertiary/aromatic N) is 4. The Labute approximate surface area is 221 Å². The molecule has 1 saturated heterocycles. The second-order valence-corrected chi connectivity index (χ2v) is 13.2. The number of hydrogen-bond donors (Lipinski definition) is 3. The molecule has 38 heavy (non-hydrogen) atoms. The summed E-state index contributed by atoms with van der Waals surface area (Å²) in [5, 5.41) is 7.38. The molecule has 4 aromatic rings. The fourth-order valence-corrected chi connectivity index (χ4v) is 5.78. The third-order valence-corrected chi connectivity index (χ3v) is 9.22. The Kier molecular flexibility index (Phi) is 5.80. The molecule has 1 atom stereocenters. The van der Waals surface area contributed by atoms with Gasteiger partial charge < -0.3 is 20.1 Å². The van der Waals surface area contributed by atoms with E-state index in [4.69, 9.17) is 4.98 Å². The predicted octanol–water partition coefficient (Wildman–Crippen LogP) is 4.18. The fourth-order valence-electron chi connectivity index (χ4n) is 5.04. The van der Waals surface area contributed by atoms with Crippen LogP contribution in [-0.2, 0) is 16.4 Å². The van der Waals surface area contributed by atoms with Crippen molar-refractivity contribution in [3.05, 3.63) is 66.2 Å². The van der Waals surface area contributed by atoms with Gasteiger partial charge in [-0.05, 0) is 69.2 Å². The Morgan fingerprint density at radius 3 is 2.79 bits per heavy atom. The van der Waals surface area contributed by atoms with E-state index < -0.39 is 14.8 Å². The van der Waals surface area contributed by atoms with E-state index in [1.807, 2.05) is 29.0 Å². The SMILES string of the molecule is CC(C)(C)S(=O)(=O)Nc1cccc(-n2ccc3cnc(Nc4cc(F)c5c(c4)CC4CNCCN54)nc32)c1. The molecule has 0 amide bonds. The second-order valence-electron chi connectivity index (χ2n) is 10.8.